The van der Waals surface area contributed by atoms with Gasteiger partial charge in [-0.2, -0.15) is 13.2 Å². The number of carbonyl (C=O) groups excluding carboxylic acids is 2. The highest BCUT2D eigenvalue weighted by molar-refractivity contribution is 7.09. The Balaban J connectivity index is 1.04. The van der Waals surface area contributed by atoms with Crippen LogP contribution in [0.4, 0.5) is 13.2 Å². The molecule has 2 aliphatic rings. The van der Waals surface area contributed by atoms with E-state index in [1.165, 1.54) is 29.0 Å². The third-order valence-corrected chi connectivity index (χ3v) is 9.07. The summed E-state index contributed by atoms with van der Waals surface area (Å²) in [4.78, 5) is 32.7. The average Bonchev–Trinajstić information content (AvgIpc) is 3.54. The summed E-state index contributed by atoms with van der Waals surface area (Å²) in [5.41, 5.74) is 2.46. The molecule has 1 N–H and O–H groups in total. The minimum atomic E-state index is -4.42. The second kappa shape index (κ2) is 12.2. The van der Waals surface area contributed by atoms with Crippen LogP contribution in [0.15, 0.2) is 78.2 Å². The minimum absolute atomic E-state index is 0.0804. The van der Waals surface area contributed by atoms with Crippen LogP contribution in [0.3, 0.4) is 0 Å². The highest BCUT2D eigenvalue weighted by Crippen LogP contribution is 2.34. The zero-order valence-corrected chi connectivity index (χ0v) is 24.1. The van der Waals surface area contributed by atoms with Crippen LogP contribution in [-0.2, 0) is 12.6 Å². The van der Waals surface area contributed by atoms with Crippen molar-refractivity contribution in [2.45, 2.75) is 43.9 Å². The first kappa shape index (κ1) is 28.9. The highest BCUT2D eigenvalue weighted by Gasteiger charge is 2.31. The standard InChI is InChI=1S/C33H30F3N3O3S/c34-33(35,36)24-12-9-21(10-13-24)26-6-2-3-7-27(26)32(41)39-17-15-23(16-18-39)31-38-28(20-43-31)30(40)37-19-25-14-11-22-5-1-4-8-29(22)42-25/h1-10,12-13,20,23,25H,11,14-19H2,(H,37,40). The van der Waals surface area contributed by atoms with Crippen LogP contribution in [0.2, 0.25) is 0 Å². The molecule has 2 amide bonds. The summed E-state index contributed by atoms with van der Waals surface area (Å²) in [5, 5.41) is 5.61. The number of aromatic nitrogens is 1. The summed E-state index contributed by atoms with van der Waals surface area (Å²) in [6, 6.07) is 19.8. The Bertz CT molecular complexity index is 1610. The predicted octanol–water partition coefficient (Wildman–Crippen LogP) is 6.97. The van der Waals surface area contributed by atoms with Gasteiger partial charge in [-0.25, -0.2) is 4.98 Å². The zero-order chi connectivity index (χ0) is 30.0. The van der Waals surface area contributed by atoms with Crippen molar-refractivity contribution >= 4 is 23.2 Å². The number of rotatable bonds is 6. The summed E-state index contributed by atoms with van der Waals surface area (Å²) in [6.45, 7) is 1.45. The predicted molar refractivity (Wildman–Crippen MR) is 158 cm³/mol. The van der Waals surface area contributed by atoms with Crippen molar-refractivity contribution in [3.63, 3.8) is 0 Å². The highest BCUT2D eigenvalue weighted by atomic mass is 32.1. The monoisotopic (exact) mass is 605 g/mol. The van der Waals surface area contributed by atoms with Gasteiger partial charge in [-0.3, -0.25) is 9.59 Å². The van der Waals surface area contributed by atoms with Crippen molar-refractivity contribution < 1.29 is 27.5 Å². The van der Waals surface area contributed by atoms with Crippen LogP contribution in [0, 0.1) is 0 Å². The molecule has 4 aromatic rings. The number of ether oxygens (including phenoxy) is 1. The fraction of sp³-hybridized carbons (Fsp3) is 0.303. The molecule has 1 fully saturated rings. The number of amides is 2. The number of halogens is 3. The van der Waals surface area contributed by atoms with Gasteiger partial charge < -0.3 is 15.0 Å². The van der Waals surface area contributed by atoms with Crippen LogP contribution in [0.1, 0.15) is 62.2 Å². The molecule has 43 heavy (non-hydrogen) atoms. The van der Waals surface area contributed by atoms with E-state index in [0.717, 1.165) is 35.7 Å². The van der Waals surface area contributed by atoms with Crippen molar-refractivity contribution in [2.75, 3.05) is 19.6 Å². The Hall–Kier alpha value is -4.18. The molecule has 222 valence electrons. The number of para-hydroxylation sites is 1. The van der Waals surface area contributed by atoms with Gasteiger partial charge in [0.25, 0.3) is 11.8 Å². The largest absolute Gasteiger partial charge is 0.488 e. The molecule has 1 unspecified atom stereocenters. The number of hydrogen-bond donors (Lipinski definition) is 1. The molecular formula is C33H30F3N3O3S. The van der Waals surface area contributed by atoms with Crippen molar-refractivity contribution in [3.05, 3.63) is 106 Å². The fourth-order valence-electron chi connectivity index (χ4n) is 5.66. The maximum Gasteiger partial charge on any atom is 0.416 e. The number of alkyl halides is 3. The van der Waals surface area contributed by atoms with Crippen molar-refractivity contribution in [2.24, 2.45) is 0 Å². The molecule has 1 aromatic heterocycles. The molecular weight excluding hydrogens is 575 g/mol. The fourth-order valence-corrected chi connectivity index (χ4v) is 6.63. The average molecular weight is 606 g/mol. The zero-order valence-electron chi connectivity index (χ0n) is 23.3. The molecule has 6 nitrogen and oxygen atoms in total. The Morgan fingerprint density at radius 1 is 0.953 bits per heavy atom. The Labute approximate surface area is 251 Å². The first-order chi connectivity index (χ1) is 20.8. The number of likely N-dealkylation sites (tertiary alicyclic amines) is 1. The summed E-state index contributed by atoms with van der Waals surface area (Å²) in [7, 11) is 0. The lowest BCUT2D eigenvalue weighted by molar-refractivity contribution is -0.137. The smallest absolute Gasteiger partial charge is 0.416 e. The van der Waals surface area contributed by atoms with Gasteiger partial charge in [0, 0.05) is 30.0 Å². The van der Waals surface area contributed by atoms with Gasteiger partial charge in [0.1, 0.15) is 17.5 Å². The molecule has 3 aromatic carbocycles. The van der Waals surface area contributed by atoms with Gasteiger partial charge in [0.2, 0.25) is 0 Å². The van der Waals surface area contributed by atoms with Gasteiger partial charge >= 0.3 is 6.18 Å². The lowest BCUT2D eigenvalue weighted by atomic mass is 9.94. The lowest BCUT2D eigenvalue weighted by Crippen LogP contribution is -2.38. The molecule has 10 heteroatoms. The van der Waals surface area contributed by atoms with E-state index in [4.69, 9.17) is 4.74 Å². The topological polar surface area (TPSA) is 71.5 Å². The number of piperidine rings is 1. The van der Waals surface area contributed by atoms with Crippen LogP contribution in [-0.4, -0.2) is 47.4 Å². The molecule has 6 rings (SSSR count). The number of benzene rings is 3. The number of nitrogens with one attached hydrogen (secondary N) is 1. The number of carbonyl (C=O) groups is 2. The quantitative estimate of drug-likeness (QED) is 0.258. The Morgan fingerprint density at radius 2 is 1.67 bits per heavy atom. The molecule has 1 saturated heterocycles. The first-order valence-corrected chi connectivity index (χ1v) is 15.2. The second-order valence-electron chi connectivity index (χ2n) is 10.9. The lowest BCUT2D eigenvalue weighted by Gasteiger charge is -2.31. The molecule has 1 atom stereocenters. The summed E-state index contributed by atoms with van der Waals surface area (Å²) in [6.07, 6.45) is -1.33. The third kappa shape index (κ3) is 6.44. The van der Waals surface area contributed by atoms with E-state index in [-0.39, 0.29) is 23.8 Å². The number of aryl methyl sites for hydroxylation is 1. The van der Waals surface area contributed by atoms with Gasteiger partial charge in [-0.15, -0.1) is 11.3 Å². The van der Waals surface area contributed by atoms with Crippen LogP contribution in [0.25, 0.3) is 11.1 Å². The van der Waals surface area contributed by atoms with Crippen molar-refractivity contribution in [1.29, 1.82) is 0 Å². The Morgan fingerprint density at radius 3 is 2.44 bits per heavy atom. The van der Waals surface area contributed by atoms with Gasteiger partial charge in [-0.1, -0.05) is 48.5 Å². The molecule has 2 aliphatic heterocycles. The van der Waals surface area contributed by atoms with E-state index in [1.54, 1.807) is 34.5 Å². The van der Waals surface area contributed by atoms with E-state index in [9.17, 15) is 22.8 Å². The SMILES string of the molecule is O=C(NCC1CCc2ccccc2O1)c1csc(C2CCN(C(=O)c3ccccc3-c3ccc(C(F)(F)F)cc3)CC2)n1. The van der Waals surface area contributed by atoms with Crippen molar-refractivity contribution in [1.82, 2.24) is 15.2 Å². The molecule has 0 spiro atoms. The number of thiazole rings is 1. The summed E-state index contributed by atoms with van der Waals surface area (Å²) in [5.74, 6) is 0.633. The third-order valence-electron chi connectivity index (χ3n) is 8.06. The summed E-state index contributed by atoms with van der Waals surface area (Å²) < 4.78 is 45.1. The minimum Gasteiger partial charge on any atom is -0.488 e. The van der Waals surface area contributed by atoms with Gasteiger partial charge in [0.05, 0.1) is 17.1 Å². The molecule has 0 bridgehead atoms. The van der Waals surface area contributed by atoms with Crippen LogP contribution < -0.4 is 10.1 Å². The summed E-state index contributed by atoms with van der Waals surface area (Å²) >= 11 is 1.46. The number of nitrogens with zero attached hydrogens (tertiary/aromatic N) is 2. The van der Waals surface area contributed by atoms with Crippen LogP contribution >= 0.6 is 11.3 Å². The number of fused-ring (bicyclic) bond motifs is 1. The van der Waals surface area contributed by atoms with E-state index < -0.39 is 11.7 Å². The van der Waals surface area contributed by atoms with E-state index >= 15 is 0 Å². The van der Waals surface area contributed by atoms with E-state index in [0.29, 0.717) is 54.9 Å². The molecule has 0 saturated carbocycles. The maximum absolute atomic E-state index is 13.5. The van der Waals surface area contributed by atoms with E-state index in [2.05, 4.69) is 16.4 Å². The first-order valence-electron chi connectivity index (χ1n) is 14.3. The van der Waals surface area contributed by atoms with E-state index in [1.807, 2.05) is 18.2 Å². The normalized spacial score (nSPS) is 17.2. The van der Waals surface area contributed by atoms with Crippen LogP contribution in [0.5, 0.6) is 5.75 Å². The molecule has 0 radical (unpaired) electrons. The molecule has 0 aliphatic carbocycles. The second-order valence-corrected chi connectivity index (χ2v) is 11.7. The van der Waals surface area contributed by atoms with Crippen molar-refractivity contribution in [3.8, 4) is 16.9 Å². The maximum atomic E-state index is 13.5. The molecule has 3 heterocycles. The Kier molecular flexibility index (Phi) is 8.21. The number of hydrogen-bond acceptors (Lipinski definition) is 5. The van der Waals surface area contributed by atoms with Gasteiger partial charge in [0.15, 0.2) is 0 Å². The van der Waals surface area contributed by atoms with Gasteiger partial charge in [-0.05, 0) is 66.6 Å².